The SMILES string of the molecule is CCCN(CCC)S(=O)(=O)c1ccc(NC(=O)COc2ccc(CC)cc2)cc1. The number of benzene rings is 2. The highest BCUT2D eigenvalue weighted by Crippen LogP contribution is 2.19. The van der Waals surface area contributed by atoms with Crippen molar-refractivity contribution in [3.63, 3.8) is 0 Å². The Morgan fingerprint density at radius 1 is 0.931 bits per heavy atom. The average Bonchev–Trinajstić information content (AvgIpc) is 2.73. The van der Waals surface area contributed by atoms with Crippen molar-refractivity contribution >= 4 is 21.6 Å². The number of carbonyl (C=O) groups is 1. The maximum Gasteiger partial charge on any atom is 0.262 e. The molecule has 158 valence electrons. The Labute approximate surface area is 173 Å². The van der Waals surface area contributed by atoms with Crippen LogP contribution in [0.25, 0.3) is 0 Å². The molecule has 0 spiro atoms. The van der Waals surface area contributed by atoms with Crippen LogP contribution in [0.3, 0.4) is 0 Å². The van der Waals surface area contributed by atoms with Crippen LogP contribution in [0, 0.1) is 0 Å². The van der Waals surface area contributed by atoms with Gasteiger partial charge in [-0.05, 0) is 61.2 Å². The molecule has 1 N–H and O–H groups in total. The number of nitrogens with zero attached hydrogens (tertiary/aromatic N) is 1. The summed E-state index contributed by atoms with van der Waals surface area (Å²) in [5, 5.41) is 2.72. The summed E-state index contributed by atoms with van der Waals surface area (Å²) in [6.45, 7) is 6.85. The molecule has 2 aromatic carbocycles. The molecule has 0 saturated carbocycles. The molecule has 7 heteroatoms. The fourth-order valence-electron chi connectivity index (χ4n) is 2.88. The quantitative estimate of drug-likeness (QED) is 0.597. The predicted molar refractivity (Wildman–Crippen MR) is 116 cm³/mol. The first-order valence-corrected chi connectivity index (χ1v) is 11.5. The molecule has 0 heterocycles. The number of amides is 1. The van der Waals surface area contributed by atoms with Crippen LogP contribution in [0.2, 0.25) is 0 Å². The molecule has 0 aliphatic rings. The van der Waals surface area contributed by atoms with Crippen LogP contribution in [0.4, 0.5) is 5.69 Å². The Hall–Kier alpha value is -2.38. The molecule has 0 radical (unpaired) electrons. The molecular formula is C22H30N2O4S. The summed E-state index contributed by atoms with van der Waals surface area (Å²) >= 11 is 0. The Kier molecular flexibility index (Phi) is 8.67. The first-order chi connectivity index (χ1) is 13.9. The van der Waals surface area contributed by atoms with Crippen molar-refractivity contribution in [2.45, 2.75) is 44.9 Å². The predicted octanol–water partition coefficient (Wildman–Crippen LogP) is 4.08. The number of nitrogens with one attached hydrogen (secondary N) is 1. The summed E-state index contributed by atoms with van der Waals surface area (Å²) in [5.41, 5.74) is 1.73. The van der Waals surface area contributed by atoms with E-state index < -0.39 is 10.0 Å². The molecule has 0 fully saturated rings. The number of ether oxygens (including phenoxy) is 1. The van der Waals surface area contributed by atoms with Gasteiger partial charge < -0.3 is 10.1 Å². The van der Waals surface area contributed by atoms with E-state index in [4.69, 9.17) is 4.74 Å². The molecule has 0 aliphatic carbocycles. The number of sulfonamides is 1. The summed E-state index contributed by atoms with van der Waals surface area (Å²) < 4.78 is 32.5. The zero-order chi connectivity index (χ0) is 21.3. The smallest absolute Gasteiger partial charge is 0.262 e. The second kappa shape index (κ2) is 11.0. The fraction of sp³-hybridized carbons (Fsp3) is 0.409. The first-order valence-electron chi connectivity index (χ1n) is 10.0. The van der Waals surface area contributed by atoms with Gasteiger partial charge in [-0.2, -0.15) is 4.31 Å². The third kappa shape index (κ3) is 6.58. The highest BCUT2D eigenvalue weighted by Gasteiger charge is 2.22. The lowest BCUT2D eigenvalue weighted by molar-refractivity contribution is -0.118. The number of aryl methyl sites for hydroxylation is 1. The molecule has 0 unspecified atom stereocenters. The van der Waals surface area contributed by atoms with Gasteiger partial charge in [0.2, 0.25) is 10.0 Å². The average molecular weight is 419 g/mol. The van der Waals surface area contributed by atoms with Crippen LogP contribution in [0.1, 0.15) is 39.2 Å². The number of carbonyl (C=O) groups excluding carboxylic acids is 1. The van der Waals surface area contributed by atoms with Crippen LogP contribution < -0.4 is 10.1 Å². The van der Waals surface area contributed by atoms with Gasteiger partial charge in [-0.25, -0.2) is 8.42 Å². The molecular weight excluding hydrogens is 388 g/mol. The number of rotatable bonds is 11. The van der Waals surface area contributed by atoms with Gasteiger partial charge in [0, 0.05) is 18.8 Å². The van der Waals surface area contributed by atoms with E-state index in [1.54, 1.807) is 12.1 Å². The van der Waals surface area contributed by atoms with Gasteiger partial charge in [-0.3, -0.25) is 4.79 Å². The second-order valence-corrected chi connectivity index (χ2v) is 8.70. The topological polar surface area (TPSA) is 75.7 Å². The Morgan fingerprint density at radius 3 is 2.03 bits per heavy atom. The van der Waals surface area contributed by atoms with Gasteiger partial charge in [-0.15, -0.1) is 0 Å². The van der Waals surface area contributed by atoms with Crippen molar-refractivity contribution < 1.29 is 17.9 Å². The van der Waals surface area contributed by atoms with Crippen molar-refractivity contribution in [3.05, 3.63) is 54.1 Å². The minimum Gasteiger partial charge on any atom is -0.484 e. The molecule has 2 aromatic rings. The molecule has 0 aliphatic heterocycles. The van der Waals surface area contributed by atoms with Gasteiger partial charge in [-0.1, -0.05) is 32.9 Å². The van der Waals surface area contributed by atoms with Crippen molar-refractivity contribution in [1.29, 1.82) is 0 Å². The molecule has 6 nitrogen and oxygen atoms in total. The lowest BCUT2D eigenvalue weighted by atomic mass is 10.2. The van der Waals surface area contributed by atoms with E-state index in [9.17, 15) is 13.2 Å². The summed E-state index contributed by atoms with van der Waals surface area (Å²) in [6.07, 6.45) is 2.46. The lowest BCUT2D eigenvalue weighted by Crippen LogP contribution is -2.32. The van der Waals surface area contributed by atoms with E-state index in [0.717, 1.165) is 19.3 Å². The Balaban J connectivity index is 1.95. The summed E-state index contributed by atoms with van der Waals surface area (Å²) in [7, 11) is -3.53. The van der Waals surface area contributed by atoms with Gasteiger partial charge in [0.1, 0.15) is 5.75 Å². The molecule has 0 bridgehead atoms. The maximum atomic E-state index is 12.8. The van der Waals surface area contributed by atoms with Crippen LogP contribution in [0.5, 0.6) is 5.75 Å². The lowest BCUT2D eigenvalue weighted by Gasteiger charge is -2.21. The largest absolute Gasteiger partial charge is 0.484 e. The van der Waals surface area contributed by atoms with Crippen LogP contribution >= 0.6 is 0 Å². The molecule has 1 amide bonds. The monoisotopic (exact) mass is 418 g/mol. The van der Waals surface area contributed by atoms with E-state index in [1.807, 2.05) is 38.1 Å². The van der Waals surface area contributed by atoms with Crippen molar-refractivity contribution in [3.8, 4) is 5.75 Å². The van der Waals surface area contributed by atoms with Crippen LogP contribution in [-0.4, -0.2) is 38.3 Å². The van der Waals surface area contributed by atoms with Gasteiger partial charge in [0.15, 0.2) is 6.61 Å². The molecule has 0 aromatic heterocycles. The fourth-order valence-corrected chi connectivity index (χ4v) is 4.50. The zero-order valence-electron chi connectivity index (χ0n) is 17.3. The van der Waals surface area contributed by atoms with Crippen LogP contribution in [-0.2, 0) is 21.2 Å². The van der Waals surface area contributed by atoms with Gasteiger partial charge >= 0.3 is 0 Å². The number of hydrogen-bond donors (Lipinski definition) is 1. The second-order valence-electron chi connectivity index (χ2n) is 6.76. The van der Waals surface area contributed by atoms with E-state index >= 15 is 0 Å². The van der Waals surface area contributed by atoms with E-state index in [2.05, 4.69) is 12.2 Å². The summed E-state index contributed by atoms with van der Waals surface area (Å²) in [5.74, 6) is 0.324. The summed E-state index contributed by atoms with van der Waals surface area (Å²) in [6, 6.07) is 13.8. The van der Waals surface area contributed by atoms with Crippen molar-refractivity contribution in [2.75, 3.05) is 25.0 Å². The van der Waals surface area contributed by atoms with E-state index in [0.29, 0.717) is 24.5 Å². The minimum absolute atomic E-state index is 0.119. The van der Waals surface area contributed by atoms with Gasteiger partial charge in [0.05, 0.1) is 4.90 Å². The standard InChI is InChI=1S/C22H30N2O4S/c1-4-15-24(16-5-2)29(26,27)21-13-9-19(10-14-21)23-22(25)17-28-20-11-7-18(6-3)8-12-20/h7-14H,4-6,15-17H2,1-3H3,(H,23,25). The minimum atomic E-state index is -3.53. The highest BCUT2D eigenvalue weighted by atomic mass is 32.2. The normalized spacial score (nSPS) is 11.4. The Bertz CT molecular complexity index is 872. The first kappa shape index (κ1) is 22.9. The third-order valence-electron chi connectivity index (χ3n) is 4.42. The number of hydrogen-bond acceptors (Lipinski definition) is 4. The van der Waals surface area contributed by atoms with Crippen molar-refractivity contribution in [1.82, 2.24) is 4.31 Å². The molecule has 29 heavy (non-hydrogen) atoms. The van der Waals surface area contributed by atoms with Gasteiger partial charge in [0.25, 0.3) is 5.91 Å². The highest BCUT2D eigenvalue weighted by molar-refractivity contribution is 7.89. The molecule has 2 rings (SSSR count). The number of anilines is 1. The third-order valence-corrected chi connectivity index (χ3v) is 6.34. The maximum absolute atomic E-state index is 12.8. The van der Waals surface area contributed by atoms with E-state index in [1.165, 1.54) is 22.0 Å². The Morgan fingerprint density at radius 2 is 1.52 bits per heavy atom. The summed E-state index contributed by atoms with van der Waals surface area (Å²) in [4.78, 5) is 12.3. The molecule has 0 saturated heterocycles. The van der Waals surface area contributed by atoms with Crippen LogP contribution in [0.15, 0.2) is 53.4 Å². The zero-order valence-corrected chi connectivity index (χ0v) is 18.2. The molecule has 0 atom stereocenters. The van der Waals surface area contributed by atoms with Crippen molar-refractivity contribution in [2.24, 2.45) is 0 Å². The van der Waals surface area contributed by atoms with E-state index in [-0.39, 0.29) is 17.4 Å².